The summed E-state index contributed by atoms with van der Waals surface area (Å²) in [6, 6.07) is 3.44. The number of halogens is 2. The highest BCUT2D eigenvalue weighted by Crippen LogP contribution is 2.21. The number of carbonyl (C=O) groups excluding carboxylic acids is 1. The molecule has 2 atom stereocenters. The minimum absolute atomic E-state index is 0. The van der Waals surface area contributed by atoms with E-state index in [-0.39, 0.29) is 24.2 Å². The summed E-state index contributed by atoms with van der Waals surface area (Å²) in [5.41, 5.74) is 5.82. The first-order chi connectivity index (χ1) is 8.04. The lowest BCUT2D eigenvalue weighted by molar-refractivity contribution is -0.123. The minimum Gasteiger partial charge on any atom is -0.354 e. The Hall–Kier alpha value is -0.290. The zero-order chi connectivity index (χ0) is 12.8. The molecule has 1 aromatic heterocycles. The van der Waals surface area contributed by atoms with Crippen LogP contribution in [-0.2, 0) is 11.2 Å². The Labute approximate surface area is 123 Å². The van der Waals surface area contributed by atoms with Crippen LogP contribution in [-0.4, -0.2) is 18.5 Å². The van der Waals surface area contributed by atoms with Crippen molar-refractivity contribution in [3.05, 3.63) is 21.3 Å². The minimum atomic E-state index is -0.410. The van der Waals surface area contributed by atoms with Gasteiger partial charge in [-0.3, -0.25) is 4.79 Å². The molecule has 18 heavy (non-hydrogen) atoms. The van der Waals surface area contributed by atoms with E-state index in [1.165, 1.54) is 4.88 Å². The van der Waals surface area contributed by atoms with Gasteiger partial charge in [-0.15, -0.1) is 23.7 Å². The summed E-state index contributed by atoms with van der Waals surface area (Å²) in [6.07, 6.45) is 1.71. The van der Waals surface area contributed by atoms with Gasteiger partial charge in [0.1, 0.15) is 0 Å². The van der Waals surface area contributed by atoms with E-state index in [0.717, 1.165) is 17.2 Å². The van der Waals surface area contributed by atoms with Gasteiger partial charge >= 0.3 is 0 Å². The predicted octanol–water partition coefficient (Wildman–Crippen LogP) is 2.86. The predicted molar refractivity (Wildman–Crippen MR) is 80.7 cm³/mol. The van der Waals surface area contributed by atoms with E-state index in [9.17, 15) is 4.79 Å². The number of rotatable bonds is 6. The van der Waals surface area contributed by atoms with E-state index in [0.29, 0.717) is 6.54 Å². The zero-order valence-electron chi connectivity index (χ0n) is 10.6. The lowest BCUT2D eigenvalue weighted by Crippen LogP contribution is -2.45. The Morgan fingerprint density at radius 2 is 2.22 bits per heavy atom. The third-order valence-corrected chi connectivity index (χ3v) is 4.15. The second-order valence-corrected chi connectivity index (χ2v) is 5.96. The fraction of sp³-hybridized carbons (Fsp3) is 0.583. The SMILES string of the molecule is CCC(C)C(N)C(=O)NCCc1ccc(Cl)s1.Cl. The van der Waals surface area contributed by atoms with Crippen molar-refractivity contribution >= 4 is 41.3 Å². The molecule has 0 saturated heterocycles. The molecule has 1 rings (SSSR count). The summed E-state index contributed by atoms with van der Waals surface area (Å²) < 4.78 is 0.780. The van der Waals surface area contributed by atoms with Gasteiger partial charge in [0, 0.05) is 11.4 Å². The molecule has 0 fully saturated rings. The molecule has 0 aromatic carbocycles. The van der Waals surface area contributed by atoms with Gasteiger partial charge in [0.05, 0.1) is 10.4 Å². The summed E-state index contributed by atoms with van der Waals surface area (Å²) in [5, 5.41) is 2.86. The van der Waals surface area contributed by atoms with Crippen LogP contribution in [0.5, 0.6) is 0 Å². The number of thiophene rings is 1. The Balaban J connectivity index is 0.00000289. The number of hydrogen-bond acceptors (Lipinski definition) is 3. The molecule has 3 nitrogen and oxygen atoms in total. The molecule has 1 aromatic rings. The molecule has 0 bridgehead atoms. The van der Waals surface area contributed by atoms with Crippen molar-refractivity contribution in [3.8, 4) is 0 Å². The molecule has 1 amide bonds. The van der Waals surface area contributed by atoms with Gasteiger partial charge in [0.25, 0.3) is 0 Å². The quantitative estimate of drug-likeness (QED) is 0.849. The fourth-order valence-corrected chi connectivity index (χ4v) is 2.51. The van der Waals surface area contributed by atoms with Gasteiger partial charge in [-0.05, 0) is 24.5 Å². The molecule has 0 radical (unpaired) electrons. The highest BCUT2D eigenvalue weighted by Gasteiger charge is 2.18. The Bertz CT molecular complexity index is 371. The first kappa shape index (κ1) is 17.7. The molecule has 6 heteroatoms. The van der Waals surface area contributed by atoms with E-state index < -0.39 is 6.04 Å². The van der Waals surface area contributed by atoms with Crippen molar-refractivity contribution in [2.75, 3.05) is 6.54 Å². The fourth-order valence-electron chi connectivity index (χ4n) is 1.43. The zero-order valence-corrected chi connectivity index (χ0v) is 13.0. The molecular formula is C12H20Cl2N2OS. The number of carbonyl (C=O) groups is 1. The van der Waals surface area contributed by atoms with E-state index in [1.54, 1.807) is 11.3 Å². The molecule has 0 aliphatic carbocycles. The topological polar surface area (TPSA) is 55.1 Å². The van der Waals surface area contributed by atoms with Gasteiger partial charge in [0.2, 0.25) is 5.91 Å². The van der Waals surface area contributed by atoms with Crippen molar-refractivity contribution in [3.63, 3.8) is 0 Å². The van der Waals surface area contributed by atoms with Crippen LogP contribution in [0.25, 0.3) is 0 Å². The maximum absolute atomic E-state index is 11.7. The van der Waals surface area contributed by atoms with Crippen molar-refractivity contribution < 1.29 is 4.79 Å². The molecule has 0 spiro atoms. The van der Waals surface area contributed by atoms with Gasteiger partial charge in [-0.25, -0.2) is 0 Å². The Kier molecular flexibility index (Phi) is 8.61. The van der Waals surface area contributed by atoms with Crippen LogP contribution < -0.4 is 11.1 Å². The highest BCUT2D eigenvalue weighted by molar-refractivity contribution is 7.16. The van der Waals surface area contributed by atoms with Crippen LogP contribution in [0.4, 0.5) is 0 Å². The molecule has 2 unspecified atom stereocenters. The highest BCUT2D eigenvalue weighted by atomic mass is 35.5. The van der Waals surface area contributed by atoms with Crippen molar-refractivity contribution in [1.29, 1.82) is 0 Å². The standard InChI is InChI=1S/C12H19ClN2OS.ClH/c1-3-8(2)11(14)12(16)15-7-6-9-4-5-10(13)17-9;/h4-5,8,11H,3,6-7,14H2,1-2H3,(H,15,16);1H. The molecule has 0 aliphatic rings. The van der Waals surface area contributed by atoms with Crippen molar-refractivity contribution in [1.82, 2.24) is 5.32 Å². The van der Waals surface area contributed by atoms with Crippen LogP contribution in [0.2, 0.25) is 4.34 Å². The number of amides is 1. The van der Waals surface area contributed by atoms with Crippen LogP contribution in [0, 0.1) is 5.92 Å². The normalized spacial score (nSPS) is 13.6. The lowest BCUT2D eigenvalue weighted by Gasteiger charge is -2.17. The third kappa shape index (κ3) is 5.57. The maximum Gasteiger partial charge on any atom is 0.237 e. The van der Waals surface area contributed by atoms with Gasteiger partial charge in [-0.2, -0.15) is 0 Å². The number of hydrogen-bond donors (Lipinski definition) is 2. The summed E-state index contributed by atoms with van der Waals surface area (Å²) in [6.45, 7) is 4.63. The Morgan fingerprint density at radius 1 is 1.56 bits per heavy atom. The second-order valence-electron chi connectivity index (χ2n) is 4.16. The van der Waals surface area contributed by atoms with Crippen molar-refractivity contribution in [2.45, 2.75) is 32.7 Å². The average Bonchev–Trinajstić information content (AvgIpc) is 2.72. The van der Waals surface area contributed by atoms with Crippen LogP contribution in [0.1, 0.15) is 25.1 Å². The monoisotopic (exact) mass is 310 g/mol. The van der Waals surface area contributed by atoms with Gasteiger partial charge < -0.3 is 11.1 Å². The summed E-state index contributed by atoms with van der Waals surface area (Å²) >= 11 is 7.37. The number of nitrogens with two attached hydrogens (primary N) is 1. The third-order valence-electron chi connectivity index (χ3n) is 2.86. The largest absolute Gasteiger partial charge is 0.354 e. The lowest BCUT2D eigenvalue weighted by atomic mass is 9.99. The Morgan fingerprint density at radius 3 is 2.72 bits per heavy atom. The summed E-state index contributed by atoms with van der Waals surface area (Å²) in [5.74, 6) is 0.146. The van der Waals surface area contributed by atoms with Gasteiger partial charge in [0.15, 0.2) is 0 Å². The van der Waals surface area contributed by atoms with Gasteiger partial charge in [-0.1, -0.05) is 31.9 Å². The van der Waals surface area contributed by atoms with Crippen LogP contribution in [0.15, 0.2) is 12.1 Å². The molecule has 1 heterocycles. The second kappa shape index (κ2) is 8.75. The first-order valence-electron chi connectivity index (χ1n) is 5.82. The average molecular weight is 311 g/mol. The maximum atomic E-state index is 11.7. The molecule has 104 valence electrons. The molecule has 3 N–H and O–H groups in total. The molecule has 0 saturated carbocycles. The number of nitrogens with one attached hydrogen (secondary N) is 1. The first-order valence-corrected chi connectivity index (χ1v) is 7.01. The van der Waals surface area contributed by atoms with E-state index in [4.69, 9.17) is 17.3 Å². The molecular weight excluding hydrogens is 291 g/mol. The van der Waals surface area contributed by atoms with E-state index >= 15 is 0 Å². The summed E-state index contributed by atoms with van der Waals surface area (Å²) in [7, 11) is 0. The van der Waals surface area contributed by atoms with Crippen LogP contribution in [0.3, 0.4) is 0 Å². The van der Waals surface area contributed by atoms with E-state index in [1.807, 2.05) is 26.0 Å². The van der Waals surface area contributed by atoms with Crippen molar-refractivity contribution in [2.24, 2.45) is 11.7 Å². The summed E-state index contributed by atoms with van der Waals surface area (Å²) in [4.78, 5) is 12.9. The smallest absolute Gasteiger partial charge is 0.237 e. The van der Waals surface area contributed by atoms with Crippen LogP contribution >= 0.6 is 35.3 Å². The molecule has 0 aliphatic heterocycles. The van der Waals surface area contributed by atoms with E-state index in [2.05, 4.69) is 5.32 Å².